The fraction of sp³-hybridized carbons (Fsp3) is 0.250. The van der Waals surface area contributed by atoms with Gasteiger partial charge in [-0.2, -0.15) is 5.10 Å². The third-order valence-electron chi connectivity index (χ3n) is 5.78. The van der Waals surface area contributed by atoms with E-state index in [4.69, 9.17) is 11.6 Å². The van der Waals surface area contributed by atoms with Crippen molar-refractivity contribution in [1.29, 1.82) is 0 Å². The lowest BCUT2D eigenvalue weighted by Gasteiger charge is -2.15. The molecule has 0 atom stereocenters. The highest BCUT2D eigenvalue weighted by Crippen LogP contribution is 2.33. The molecule has 7 nitrogen and oxygen atoms in total. The Hall–Kier alpha value is -3.17. The first-order chi connectivity index (χ1) is 16.6. The van der Waals surface area contributed by atoms with Gasteiger partial charge in [-0.1, -0.05) is 60.5 Å². The first-order valence-electron chi connectivity index (χ1n) is 11.0. The van der Waals surface area contributed by atoms with Crippen LogP contribution in [-0.4, -0.2) is 36.2 Å². The molecule has 0 radical (unpaired) electrons. The number of rotatable bonds is 7. The van der Waals surface area contributed by atoms with Crippen molar-refractivity contribution in [3.63, 3.8) is 0 Å². The summed E-state index contributed by atoms with van der Waals surface area (Å²) < 4.78 is 18.3. The Labute approximate surface area is 205 Å². The largest absolute Gasteiger partial charge is 0.310 e. The average molecular weight is 497 g/mol. The number of nitrogens with one attached hydrogen (secondary N) is 1. The molecule has 1 aliphatic rings. The lowest BCUT2D eigenvalue weighted by Crippen LogP contribution is -2.19. The Morgan fingerprint density at radius 2 is 1.85 bits per heavy atom. The van der Waals surface area contributed by atoms with Gasteiger partial charge in [-0.3, -0.25) is 9.36 Å². The van der Waals surface area contributed by atoms with Gasteiger partial charge in [0, 0.05) is 11.6 Å². The van der Waals surface area contributed by atoms with Gasteiger partial charge >= 0.3 is 0 Å². The summed E-state index contributed by atoms with van der Waals surface area (Å²) in [6.45, 7) is 0. The SMILES string of the molecule is O=C(CSc1nnc(-c2ccccc2Cl)n1-c1ccccc1F)Nc1ccnn1C1CCCC1. The molecule has 1 N–H and O–H groups in total. The first-order valence-corrected chi connectivity index (χ1v) is 12.4. The Kier molecular flexibility index (Phi) is 6.64. The number of anilines is 1. The molecule has 0 bridgehead atoms. The van der Waals surface area contributed by atoms with Gasteiger partial charge in [0.2, 0.25) is 5.91 Å². The molecule has 5 rings (SSSR count). The van der Waals surface area contributed by atoms with Crippen LogP contribution in [0.5, 0.6) is 0 Å². The Bertz CT molecular complexity index is 1320. The van der Waals surface area contributed by atoms with E-state index in [1.165, 1.54) is 30.7 Å². The Balaban J connectivity index is 1.39. The van der Waals surface area contributed by atoms with E-state index >= 15 is 0 Å². The number of hydrogen-bond acceptors (Lipinski definition) is 5. The summed E-state index contributed by atoms with van der Waals surface area (Å²) in [7, 11) is 0. The van der Waals surface area contributed by atoms with Crippen LogP contribution in [0.3, 0.4) is 0 Å². The van der Waals surface area contributed by atoms with Crippen molar-refractivity contribution in [2.24, 2.45) is 0 Å². The van der Waals surface area contributed by atoms with Crippen LogP contribution in [-0.2, 0) is 4.79 Å². The van der Waals surface area contributed by atoms with Crippen LogP contribution in [0, 0.1) is 5.82 Å². The highest BCUT2D eigenvalue weighted by Gasteiger charge is 2.23. The molecular weight excluding hydrogens is 475 g/mol. The number of carbonyl (C=O) groups is 1. The molecule has 0 unspecified atom stereocenters. The van der Waals surface area contributed by atoms with Gasteiger partial charge in [-0.15, -0.1) is 10.2 Å². The smallest absolute Gasteiger partial charge is 0.235 e. The van der Waals surface area contributed by atoms with E-state index in [0.717, 1.165) is 12.8 Å². The van der Waals surface area contributed by atoms with Crippen LogP contribution in [0.15, 0.2) is 66.0 Å². The summed E-state index contributed by atoms with van der Waals surface area (Å²) in [4.78, 5) is 12.8. The summed E-state index contributed by atoms with van der Waals surface area (Å²) in [6.07, 6.45) is 6.18. The van der Waals surface area contributed by atoms with Crippen molar-refractivity contribution in [1.82, 2.24) is 24.5 Å². The molecule has 34 heavy (non-hydrogen) atoms. The van der Waals surface area contributed by atoms with Crippen LogP contribution in [0.25, 0.3) is 17.1 Å². The standard InChI is InChI=1S/C24H22ClFN6OS/c25-18-10-4-3-9-17(18)23-29-30-24(31(23)20-12-6-5-11-19(20)26)34-15-22(33)28-21-13-14-27-32(21)16-7-1-2-8-16/h3-6,9-14,16H,1-2,7-8,15H2,(H,28,33). The maximum absolute atomic E-state index is 14.8. The molecule has 0 aliphatic heterocycles. The van der Waals surface area contributed by atoms with Gasteiger partial charge < -0.3 is 5.32 Å². The van der Waals surface area contributed by atoms with Crippen molar-refractivity contribution in [3.8, 4) is 17.1 Å². The Morgan fingerprint density at radius 3 is 2.65 bits per heavy atom. The van der Waals surface area contributed by atoms with Crippen molar-refractivity contribution < 1.29 is 9.18 Å². The third-order valence-corrected chi connectivity index (χ3v) is 7.04. The third kappa shape index (κ3) is 4.58. The molecular formula is C24H22ClFN6OS. The fourth-order valence-corrected chi connectivity index (χ4v) is 5.16. The number of benzene rings is 2. The van der Waals surface area contributed by atoms with Gasteiger partial charge in [0.15, 0.2) is 11.0 Å². The minimum atomic E-state index is -0.428. The molecule has 1 fully saturated rings. The Morgan fingerprint density at radius 1 is 1.09 bits per heavy atom. The van der Waals surface area contributed by atoms with Crippen LogP contribution in [0.1, 0.15) is 31.7 Å². The molecule has 1 amide bonds. The van der Waals surface area contributed by atoms with Crippen LogP contribution >= 0.6 is 23.4 Å². The van der Waals surface area contributed by atoms with Gasteiger partial charge in [0.05, 0.1) is 28.7 Å². The van der Waals surface area contributed by atoms with Crippen molar-refractivity contribution in [2.45, 2.75) is 36.9 Å². The van der Waals surface area contributed by atoms with Gasteiger partial charge in [-0.05, 0) is 37.1 Å². The van der Waals surface area contributed by atoms with E-state index in [1.54, 1.807) is 47.2 Å². The van der Waals surface area contributed by atoms with Gasteiger partial charge in [0.1, 0.15) is 11.6 Å². The zero-order chi connectivity index (χ0) is 23.5. The van der Waals surface area contributed by atoms with E-state index in [9.17, 15) is 9.18 Å². The summed E-state index contributed by atoms with van der Waals surface area (Å²) in [5.74, 6) is 0.530. The second-order valence-corrected chi connectivity index (χ2v) is 9.36. The number of para-hydroxylation sites is 1. The summed E-state index contributed by atoms with van der Waals surface area (Å²) in [5, 5.41) is 16.7. The quantitative estimate of drug-likeness (QED) is 0.329. The van der Waals surface area contributed by atoms with E-state index < -0.39 is 5.82 Å². The maximum atomic E-state index is 14.8. The van der Waals surface area contributed by atoms with Crippen LogP contribution in [0.2, 0.25) is 5.02 Å². The number of amides is 1. The number of aromatic nitrogens is 5. The molecule has 4 aromatic rings. The molecule has 10 heteroatoms. The van der Waals surface area contributed by atoms with Gasteiger partial charge in [-0.25, -0.2) is 9.07 Å². The van der Waals surface area contributed by atoms with Crippen molar-refractivity contribution in [3.05, 3.63) is 71.6 Å². The summed E-state index contributed by atoms with van der Waals surface area (Å²) in [5.41, 5.74) is 0.904. The van der Waals surface area contributed by atoms with Crippen LogP contribution in [0.4, 0.5) is 10.2 Å². The highest BCUT2D eigenvalue weighted by molar-refractivity contribution is 7.99. The monoisotopic (exact) mass is 496 g/mol. The molecule has 0 spiro atoms. The zero-order valence-corrected chi connectivity index (χ0v) is 19.8. The van der Waals surface area contributed by atoms with E-state index in [-0.39, 0.29) is 17.3 Å². The molecule has 1 aliphatic carbocycles. The molecule has 0 saturated heterocycles. The predicted molar refractivity (Wildman–Crippen MR) is 131 cm³/mol. The minimum absolute atomic E-state index is 0.0744. The number of carbonyl (C=O) groups excluding carboxylic acids is 1. The molecule has 2 heterocycles. The highest BCUT2D eigenvalue weighted by atomic mass is 35.5. The number of thioether (sulfide) groups is 1. The molecule has 174 valence electrons. The second-order valence-electron chi connectivity index (χ2n) is 8.01. The summed E-state index contributed by atoms with van der Waals surface area (Å²) in [6, 6.07) is 15.7. The molecule has 1 saturated carbocycles. The molecule has 2 aromatic heterocycles. The van der Waals surface area contributed by atoms with E-state index in [0.29, 0.717) is 33.4 Å². The lowest BCUT2D eigenvalue weighted by atomic mass is 10.2. The maximum Gasteiger partial charge on any atom is 0.235 e. The van der Waals surface area contributed by atoms with Crippen LogP contribution < -0.4 is 5.32 Å². The summed E-state index contributed by atoms with van der Waals surface area (Å²) >= 11 is 7.57. The zero-order valence-electron chi connectivity index (χ0n) is 18.2. The first kappa shape index (κ1) is 22.6. The van der Waals surface area contributed by atoms with E-state index in [1.807, 2.05) is 16.8 Å². The minimum Gasteiger partial charge on any atom is -0.310 e. The average Bonchev–Trinajstić information content (AvgIpc) is 3.59. The topological polar surface area (TPSA) is 77.6 Å². The predicted octanol–water partition coefficient (Wildman–Crippen LogP) is 5.77. The van der Waals surface area contributed by atoms with Crippen molar-refractivity contribution >= 4 is 35.1 Å². The van der Waals surface area contributed by atoms with Gasteiger partial charge in [0.25, 0.3) is 0 Å². The number of halogens is 2. The van der Waals surface area contributed by atoms with Crippen molar-refractivity contribution in [2.75, 3.05) is 11.1 Å². The molecule has 2 aromatic carbocycles. The normalized spacial score (nSPS) is 13.9. The van der Waals surface area contributed by atoms with E-state index in [2.05, 4.69) is 20.6 Å². The number of nitrogens with zero attached hydrogens (tertiary/aromatic N) is 5. The lowest BCUT2D eigenvalue weighted by molar-refractivity contribution is -0.113. The fourth-order valence-electron chi connectivity index (χ4n) is 4.19. The second kappa shape index (κ2) is 9.99. The number of hydrogen-bond donors (Lipinski definition) is 1.